The number of hydrogen-bond acceptors (Lipinski definition) is 4. The monoisotopic (exact) mass is 198 g/mol. The van der Waals surface area contributed by atoms with E-state index in [4.69, 9.17) is 19.7 Å². The molecule has 1 rings (SSSR count). The van der Waals surface area contributed by atoms with Crippen LogP contribution in [0.25, 0.3) is 0 Å². The highest BCUT2D eigenvalue weighted by Crippen LogP contribution is 2.30. The van der Waals surface area contributed by atoms with E-state index in [-0.39, 0.29) is 0 Å². The van der Waals surface area contributed by atoms with Gasteiger partial charge in [0.05, 0.1) is 14.2 Å². The van der Waals surface area contributed by atoms with Crippen LogP contribution in [0.3, 0.4) is 0 Å². The summed E-state index contributed by atoms with van der Waals surface area (Å²) in [6.07, 6.45) is -1.51. The molecule has 0 heterocycles. The molecule has 0 atom stereocenters. The molecule has 4 heteroatoms. The quantitative estimate of drug-likeness (QED) is 0.711. The van der Waals surface area contributed by atoms with Crippen LogP contribution in [0.2, 0.25) is 0 Å². The van der Waals surface area contributed by atoms with Gasteiger partial charge in [0.1, 0.15) is 11.5 Å². The number of aliphatic hydroxyl groups is 2. The van der Waals surface area contributed by atoms with Gasteiger partial charge in [0.25, 0.3) is 0 Å². The Morgan fingerprint density at radius 1 is 1.14 bits per heavy atom. The van der Waals surface area contributed by atoms with Crippen molar-refractivity contribution in [1.29, 1.82) is 0 Å². The normalized spacial score (nSPS) is 10.4. The van der Waals surface area contributed by atoms with Gasteiger partial charge in [0.15, 0.2) is 6.29 Å². The lowest BCUT2D eigenvalue weighted by Crippen LogP contribution is -2.01. The molecular formula is C10H14O4. The maximum atomic E-state index is 9.09. The minimum absolute atomic E-state index is 0.390. The molecule has 0 spiro atoms. The molecule has 0 aliphatic rings. The minimum atomic E-state index is -1.51. The Kier molecular flexibility index (Phi) is 3.33. The van der Waals surface area contributed by atoms with Crippen molar-refractivity contribution in [2.45, 2.75) is 13.2 Å². The SMILES string of the molecule is COc1cc(OC)c(C)c(C(O)O)c1. The predicted molar refractivity (Wildman–Crippen MR) is 51.5 cm³/mol. The molecule has 0 radical (unpaired) electrons. The molecule has 14 heavy (non-hydrogen) atoms. The molecular weight excluding hydrogens is 184 g/mol. The number of benzene rings is 1. The van der Waals surface area contributed by atoms with Crippen molar-refractivity contribution in [2.75, 3.05) is 14.2 Å². The molecule has 0 saturated heterocycles. The summed E-state index contributed by atoms with van der Waals surface area (Å²) in [5.41, 5.74) is 1.09. The number of aliphatic hydroxyl groups excluding tert-OH is 1. The van der Waals surface area contributed by atoms with E-state index in [1.54, 1.807) is 19.1 Å². The first kappa shape index (κ1) is 10.8. The first-order chi connectivity index (χ1) is 6.60. The minimum Gasteiger partial charge on any atom is -0.497 e. The Bertz CT molecular complexity index is 320. The Balaban J connectivity index is 3.27. The van der Waals surface area contributed by atoms with Crippen LogP contribution in [0.5, 0.6) is 11.5 Å². The fraction of sp³-hybridized carbons (Fsp3) is 0.400. The van der Waals surface area contributed by atoms with E-state index in [9.17, 15) is 0 Å². The summed E-state index contributed by atoms with van der Waals surface area (Å²) in [6.45, 7) is 1.76. The largest absolute Gasteiger partial charge is 0.497 e. The molecule has 0 unspecified atom stereocenters. The summed E-state index contributed by atoms with van der Waals surface area (Å²) >= 11 is 0. The van der Waals surface area contributed by atoms with Crippen molar-refractivity contribution in [3.63, 3.8) is 0 Å². The number of ether oxygens (including phenoxy) is 2. The van der Waals surface area contributed by atoms with E-state index in [0.29, 0.717) is 22.6 Å². The Morgan fingerprint density at radius 2 is 1.79 bits per heavy atom. The Hall–Kier alpha value is -1.26. The summed E-state index contributed by atoms with van der Waals surface area (Å²) in [7, 11) is 3.03. The van der Waals surface area contributed by atoms with Crippen LogP contribution >= 0.6 is 0 Å². The van der Waals surface area contributed by atoms with Gasteiger partial charge in [-0.3, -0.25) is 0 Å². The van der Waals surface area contributed by atoms with Gasteiger partial charge < -0.3 is 19.7 Å². The van der Waals surface area contributed by atoms with Gasteiger partial charge in [0.2, 0.25) is 0 Å². The van der Waals surface area contributed by atoms with Crippen LogP contribution in [0.4, 0.5) is 0 Å². The molecule has 0 saturated carbocycles. The van der Waals surface area contributed by atoms with Crippen LogP contribution in [0, 0.1) is 6.92 Å². The van der Waals surface area contributed by atoms with Gasteiger partial charge in [-0.25, -0.2) is 0 Å². The maximum Gasteiger partial charge on any atom is 0.178 e. The third-order valence-electron chi connectivity index (χ3n) is 2.11. The zero-order chi connectivity index (χ0) is 10.7. The topological polar surface area (TPSA) is 58.9 Å². The third kappa shape index (κ3) is 1.97. The van der Waals surface area contributed by atoms with Gasteiger partial charge in [-0.05, 0) is 18.6 Å². The number of methoxy groups -OCH3 is 2. The van der Waals surface area contributed by atoms with E-state index in [0.717, 1.165) is 0 Å². The first-order valence-corrected chi connectivity index (χ1v) is 4.18. The van der Waals surface area contributed by atoms with Crippen LogP contribution in [-0.2, 0) is 0 Å². The highest BCUT2D eigenvalue weighted by molar-refractivity contribution is 5.46. The van der Waals surface area contributed by atoms with Gasteiger partial charge in [-0.2, -0.15) is 0 Å². The average Bonchev–Trinajstić information content (AvgIpc) is 2.17. The van der Waals surface area contributed by atoms with Gasteiger partial charge in [0, 0.05) is 11.6 Å². The second-order valence-corrected chi connectivity index (χ2v) is 2.92. The molecule has 0 aliphatic heterocycles. The Morgan fingerprint density at radius 3 is 2.21 bits per heavy atom. The lowest BCUT2D eigenvalue weighted by atomic mass is 10.1. The molecule has 0 bridgehead atoms. The van der Waals surface area contributed by atoms with Crippen molar-refractivity contribution < 1.29 is 19.7 Å². The molecule has 0 aliphatic carbocycles. The van der Waals surface area contributed by atoms with Crippen molar-refractivity contribution in [1.82, 2.24) is 0 Å². The van der Waals surface area contributed by atoms with Crippen molar-refractivity contribution in [3.05, 3.63) is 23.3 Å². The van der Waals surface area contributed by atoms with Crippen molar-refractivity contribution >= 4 is 0 Å². The fourth-order valence-electron chi connectivity index (χ4n) is 1.28. The van der Waals surface area contributed by atoms with Crippen molar-refractivity contribution in [3.8, 4) is 11.5 Å². The smallest absolute Gasteiger partial charge is 0.178 e. The summed E-state index contributed by atoms with van der Waals surface area (Å²) in [6, 6.07) is 3.27. The summed E-state index contributed by atoms with van der Waals surface area (Å²) < 4.78 is 10.1. The van der Waals surface area contributed by atoms with Crippen LogP contribution in [-0.4, -0.2) is 24.4 Å². The zero-order valence-electron chi connectivity index (χ0n) is 8.44. The van der Waals surface area contributed by atoms with Gasteiger partial charge in [-0.1, -0.05) is 0 Å². The summed E-state index contributed by atoms with van der Waals surface area (Å²) in [4.78, 5) is 0. The van der Waals surface area contributed by atoms with E-state index >= 15 is 0 Å². The van der Waals surface area contributed by atoms with E-state index < -0.39 is 6.29 Å². The molecule has 0 fully saturated rings. The van der Waals surface area contributed by atoms with Crippen LogP contribution in [0.1, 0.15) is 17.4 Å². The molecule has 1 aromatic carbocycles. The zero-order valence-corrected chi connectivity index (χ0v) is 8.44. The van der Waals surface area contributed by atoms with E-state index in [1.165, 1.54) is 14.2 Å². The molecule has 2 N–H and O–H groups in total. The second kappa shape index (κ2) is 4.30. The lowest BCUT2D eigenvalue weighted by Gasteiger charge is -2.13. The fourth-order valence-corrected chi connectivity index (χ4v) is 1.28. The highest BCUT2D eigenvalue weighted by atomic mass is 16.5. The summed E-state index contributed by atoms with van der Waals surface area (Å²) in [5, 5.41) is 18.2. The van der Waals surface area contributed by atoms with Crippen molar-refractivity contribution in [2.24, 2.45) is 0 Å². The number of hydrogen-bond donors (Lipinski definition) is 2. The second-order valence-electron chi connectivity index (χ2n) is 2.92. The molecule has 0 amide bonds. The van der Waals surface area contributed by atoms with Gasteiger partial charge >= 0.3 is 0 Å². The summed E-state index contributed by atoms with van der Waals surface area (Å²) in [5.74, 6) is 1.11. The highest BCUT2D eigenvalue weighted by Gasteiger charge is 2.12. The van der Waals surface area contributed by atoms with Crippen LogP contribution < -0.4 is 9.47 Å². The molecule has 4 nitrogen and oxygen atoms in total. The molecule has 78 valence electrons. The van der Waals surface area contributed by atoms with Gasteiger partial charge in [-0.15, -0.1) is 0 Å². The number of rotatable bonds is 3. The third-order valence-corrected chi connectivity index (χ3v) is 2.11. The standard InChI is InChI=1S/C10H14O4/c1-6-8(10(11)12)4-7(13-2)5-9(6)14-3/h4-5,10-12H,1-3H3. The van der Waals surface area contributed by atoms with E-state index in [2.05, 4.69) is 0 Å². The molecule has 1 aromatic rings. The lowest BCUT2D eigenvalue weighted by molar-refractivity contribution is -0.0431. The Labute approximate surface area is 82.7 Å². The maximum absolute atomic E-state index is 9.09. The predicted octanol–water partition coefficient (Wildman–Crippen LogP) is 0.995. The molecule has 0 aromatic heterocycles. The average molecular weight is 198 g/mol. The first-order valence-electron chi connectivity index (χ1n) is 4.18. The van der Waals surface area contributed by atoms with E-state index in [1.807, 2.05) is 0 Å². The van der Waals surface area contributed by atoms with Crippen LogP contribution in [0.15, 0.2) is 12.1 Å².